The molecular formula is C12H16BrNO3. The van der Waals surface area contributed by atoms with Gasteiger partial charge in [-0.2, -0.15) is 0 Å². The highest BCUT2D eigenvalue weighted by Crippen LogP contribution is 2.24. The second-order valence-electron chi connectivity index (χ2n) is 3.29. The molecule has 94 valence electrons. The van der Waals surface area contributed by atoms with Crippen LogP contribution in [0.5, 0.6) is 5.75 Å². The van der Waals surface area contributed by atoms with Crippen LogP contribution in [0.1, 0.15) is 5.56 Å². The van der Waals surface area contributed by atoms with Crippen molar-refractivity contribution in [3.63, 3.8) is 0 Å². The summed E-state index contributed by atoms with van der Waals surface area (Å²) in [7, 11) is 4.81. The van der Waals surface area contributed by atoms with Crippen molar-refractivity contribution in [2.75, 3.05) is 27.9 Å². The van der Waals surface area contributed by atoms with E-state index in [4.69, 9.17) is 14.2 Å². The van der Waals surface area contributed by atoms with Gasteiger partial charge in [-0.1, -0.05) is 6.07 Å². The summed E-state index contributed by atoms with van der Waals surface area (Å²) in [5.41, 5.74) is 0.969. The zero-order valence-corrected chi connectivity index (χ0v) is 11.7. The van der Waals surface area contributed by atoms with Crippen molar-refractivity contribution in [1.29, 1.82) is 0 Å². The largest absolute Gasteiger partial charge is 0.496 e. The Balaban J connectivity index is 2.65. The van der Waals surface area contributed by atoms with Crippen LogP contribution < -0.4 is 4.74 Å². The lowest BCUT2D eigenvalue weighted by molar-refractivity contribution is -0.0936. The van der Waals surface area contributed by atoms with Crippen LogP contribution >= 0.6 is 15.9 Å². The van der Waals surface area contributed by atoms with E-state index in [-0.39, 0.29) is 6.29 Å². The zero-order valence-electron chi connectivity index (χ0n) is 10.1. The summed E-state index contributed by atoms with van der Waals surface area (Å²) in [6.07, 6.45) is 1.46. The molecule has 0 radical (unpaired) electrons. The molecule has 0 unspecified atom stereocenters. The number of hydrogen-bond donors (Lipinski definition) is 0. The molecule has 4 nitrogen and oxygen atoms in total. The zero-order chi connectivity index (χ0) is 12.7. The summed E-state index contributed by atoms with van der Waals surface area (Å²) in [6, 6.07) is 5.78. The fourth-order valence-corrected chi connectivity index (χ4v) is 1.65. The highest BCUT2D eigenvalue weighted by molar-refractivity contribution is 9.10. The maximum absolute atomic E-state index is 5.20. The predicted molar refractivity (Wildman–Crippen MR) is 71.0 cm³/mol. The molecule has 0 N–H and O–H groups in total. The fraction of sp³-hybridized carbons (Fsp3) is 0.417. The second kappa shape index (κ2) is 7.42. The molecule has 0 saturated heterocycles. The van der Waals surface area contributed by atoms with Gasteiger partial charge in [0, 0.05) is 20.4 Å². The summed E-state index contributed by atoms with van der Waals surface area (Å²) < 4.78 is 16.2. The first-order valence-corrected chi connectivity index (χ1v) is 5.89. The fourth-order valence-electron chi connectivity index (χ4n) is 1.25. The number of nitrogens with zero attached hydrogens (tertiary/aromatic N) is 1. The Hall–Kier alpha value is -0.910. The summed E-state index contributed by atoms with van der Waals surface area (Å²) in [5.74, 6) is 0.781. The molecule has 0 heterocycles. The maximum atomic E-state index is 5.20. The maximum Gasteiger partial charge on any atom is 0.176 e. The van der Waals surface area contributed by atoms with E-state index < -0.39 is 0 Å². The molecular weight excluding hydrogens is 286 g/mol. The number of rotatable bonds is 6. The van der Waals surface area contributed by atoms with E-state index in [1.165, 1.54) is 0 Å². The highest BCUT2D eigenvalue weighted by atomic mass is 79.9. The average molecular weight is 302 g/mol. The van der Waals surface area contributed by atoms with Gasteiger partial charge in [-0.15, -0.1) is 0 Å². The van der Waals surface area contributed by atoms with Gasteiger partial charge in [0.2, 0.25) is 0 Å². The third-order valence-electron chi connectivity index (χ3n) is 2.20. The van der Waals surface area contributed by atoms with Gasteiger partial charge in [-0.25, -0.2) is 0 Å². The first-order valence-electron chi connectivity index (χ1n) is 5.10. The minimum absolute atomic E-state index is 0.302. The van der Waals surface area contributed by atoms with Crippen molar-refractivity contribution in [3.05, 3.63) is 28.2 Å². The third kappa shape index (κ3) is 4.46. The summed E-state index contributed by atoms with van der Waals surface area (Å²) >= 11 is 3.39. The average Bonchev–Trinajstić information content (AvgIpc) is 2.36. The van der Waals surface area contributed by atoms with Gasteiger partial charge in [0.1, 0.15) is 5.75 Å². The van der Waals surface area contributed by atoms with E-state index >= 15 is 0 Å². The molecule has 0 aliphatic rings. The number of hydrogen-bond acceptors (Lipinski definition) is 4. The molecule has 0 saturated carbocycles. The lowest BCUT2D eigenvalue weighted by Gasteiger charge is -2.09. The Kier molecular flexibility index (Phi) is 6.18. The lowest BCUT2D eigenvalue weighted by Crippen LogP contribution is -2.16. The Morgan fingerprint density at radius 1 is 1.29 bits per heavy atom. The van der Waals surface area contributed by atoms with E-state index in [0.29, 0.717) is 6.54 Å². The van der Waals surface area contributed by atoms with Crippen LogP contribution in [0.15, 0.2) is 27.7 Å². The van der Waals surface area contributed by atoms with E-state index in [0.717, 1.165) is 15.8 Å². The van der Waals surface area contributed by atoms with Gasteiger partial charge in [0.15, 0.2) is 6.29 Å². The van der Waals surface area contributed by atoms with Crippen molar-refractivity contribution in [2.45, 2.75) is 6.29 Å². The molecule has 0 amide bonds. The van der Waals surface area contributed by atoms with Crippen molar-refractivity contribution in [3.8, 4) is 5.75 Å². The molecule has 0 bridgehead atoms. The number of halogens is 1. The predicted octanol–water partition coefficient (Wildman–Crippen LogP) is 2.50. The van der Waals surface area contributed by atoms with Crippen LogP contribution in [0.2, 0.25) is 0 Å². The molecule has 17 heavy (non-hydrogen) atoms. The van der Waals surface area contributed by atoms with Crippen LogP contribution in [0, 0.1) is 0 Å². The number of ether oxygens (including phenoxy) is 3. The quantitative estimate of drug-likeness (QED) is 0.599. The molecule has 0 fully saturated rings. The lowest BCUT2D eigenvalue weighted by atomic mass is 10.2. The van der Waals surface area contributed by atoms with Gasteiger partial charge >= 0.3 is 0 Å². The van der Waals surface area contributed by atoms with Gasteiger partial charge in [0.25, 0.3) is 0 Å². The van der Waals surface area contributed by atoms with Crippen molar-refractivity contribution < 1.29 is 14.2 Å². The number of aliphatic imine (C=N–C) groups is 1. The first-order chi connectivity index (χ1) is 8.21. The molecule has 0 aromatic heterocycles. The molecule has 1 aromatic rings. The Morgan fingerprint density at radius 2 is 2.00 bits per heavy atom. The van der Waals surface area contributed by atoms with E-state index in [9.17, 15) is 0 Å². The van der Waals surface area contributed by atoms with Crippen LogP contribution in [0.3, 0.4) is 0 Å². The molecule has 5 heteroatoms. The monoisotopic (exact) mass is 301 g/mol. The summed E-state index contributed by atoms with van der Waals surface area (Å²) in [6.45, 7) is 0.464. The third-order valence-corrected chi connectivity index (χ3v) is 2.85. The standard InChI is InChI=1S/C12H16BrNO3/c1-15-11-6-9(4-5-10(11)13)7-14-8-12(16-2)17-3/h4-7,12H,8H2,1-3H3/b14-7+. The molecule has 0 aliphatic carbocycles. The summed E-state index contributed by atoms with van der Waals surface area (Å²) in [5, 5.41) is 0. The number of methoxy groups -OCH3 is 3. The van der Waals surface area contributed by atoms with Crippen molar-refractivity contribution in [2.24, 2.45) is 4.99 Å². The van der Waals surface area contributed by atoms with E-state index in [1.54, 1.807) is 27.5 Å². The highest BCUT2D eigenvalue weighted by Gasteiger charge is 2.02. The number of benzene rings is 1. The van der Waals surface area contributed by atoms with E-state index in [1.807, 2.05) is 18.2 Å². The van der Waals surface area contributed by atoms with Crippen LogP contribution in [-0.4, -0.2) is 40.4 Å². The van der Waals surface area contributed by atoms with Crippen LogP contribution in [-0.2, 0) is 9.47 Å². The van der Waals surface area contributed by atoms with Crippen molar-refractivity contribution >= 4 is 22.1 Å². The molecule has 1 aromatic carbocycles. The Labute approximate surface area is 110 Å². The van der Waals surface area contributed by atoms with Crippen LogP contribution in [0.4, 0.5) is 0 Å². The van der Waals surface area contributed by atoms with Gasteiger partial charge in [0.05, 0.1) is 18.1 Å². The minimum Gasteiger partial charge on any atom is -0.496 e. The topological polar surface area (TPSA) is 40.0 Å². The van der Waals surface area contributed by atoms with E-state index in [2.05, 4.69) is 20.9 Å². The molecule has 0 spiro atoms. The molecule has 0 atom stereocenters. The Bertz CT molecular complexity index is 378. The van der Waals surface area contributed by atoms with Crippen molar-refractivity contribution in [1.82, 2.24) is 0 Å². The Morgan fingerprint density at radius 3 is 2.59 bits per heavy atom. The summed E-state index contributed by atoms with van der Waals surface area (Å²) in [4.78, 5) is 4.24. The SMILES string of the molecule is COc1cc(/C=N/CC(OC)OC)ccc1Br. The van der Waals surface area contributed by atoms with Gasteiger partial charge in [-0.3, -0.25) is 4.99 Å². The van der Waals surface area contributed by atoms with Gasteiger partial charge in [-0.05, 0) is 33.6 Å². The molecule has 0 aliphatic heterocycles. The minimum atomic E-state index is -0.302. The van der Waals surface area contributed by atoms with Crippen LogP contribution in [0.25, 0.3) is 0 Å². The smallest absolute Gasteiger partial charge is 0.176 e. The second-order valence-corrected chi connectivity index (χ2v) is 4.14. The molecule has 1 rings (SSSR count). The normalized spacial score (nSPS) is 11.4. The van der Waals surface area contributed by atoms with Gasteiger partial charge < -0.3 is 14.2 Å². The first kappa shape index (κ1) is 14.2.